The van der Waals surface area contributed by atoms with E-state index in [9.17, 15) is 0 Å². The molecule has 1 rings (SSSR count). The number of nitrogens with two attached hydrogens (primary N) is 1. The highest BCUT2D eigenvalue weighted by Gasteiger charge is 2.28. The van der Waals surface area contributed by atoms with Crippen molar-refractivity contribution >= 4 is 0 Å². The van der Waals surface area contributed by atoms with E-state index in [2.05, 4.69) is 25.7 Å². The van der Waals surface area contributed by atoms with Crippen molar-refractivity contribution in [3.8, 4) is 0 Å². The van der Waals surface area contributed by atoms with E-state index in [-0.39, 0.29) is 0 Å². The van der Waals surface area contributed by atoms with Gasteiger partial charge in [-0.05, 0) is 39.0 Å². The van der Waals surface area contributed by atoms with Gasteiger partial charge in [-0.1, -0.05) is 26.2 Å². The van der Waals surface area contributed by atoms with Crippen LogP contribution >= 0.6 is 0 Å². The second-order valence-electron chi connectivity index (χ2n) is 5.62. The molecule has 0 aromatic carbocycles. The number of hydrogen-bond donors (Lipinski definition) is 1. The Morgan fingerprint density at radius 2 is 1.94 bits per heavy atom. The first-order chi connectivity index (χ1) is 7.69. The third-order valence-electron chi connectivity index (χ3n) is 3.71. The van der Waals surface area contributed by atoms with Gasteiger partial charge in [-0.25, -0.2) is 0 Å². The molecule has 0 aliphatic heterocycles. The molecule has 16 heavy (non-hydrogen) atoms. The van der Waals surface area contributed by atoms with Gasteiger partial charge in [0, 0.05) is 25.2 Å². The van der Waals surface area contributed by atoms with E-state index >= 15 is 0 Å². The summed E-state index contributed by atoms with van der Waals surface area (Å²) < 4.78 is 0. The Hall–Kier alpha value is -0.0800. The average molecular weight is 226 g/mol. The molecule has 1 atom stereocenters. The third-order valence-corrected chi connectivity index (χ3v) is 3.71. The Morgan fingerprint density at radius 3 is 2.38 bits per heavy atom. The molecule has 0 amide bonds. The fourth-order valence-corrected chi connectivity index (χ4v) is 2.43. The zero-order valence-electron chi connectivity index (χ0n) is 11.4. The van der Waals surface area contributed by atoms with Crippen molar-refractivity contribution in [2.45, 2.75) is 71.4 Å². The first-order valence-electron chi connectivity index (χ1n) is 7.14. The highest BCUT2D eigenvalue weighted by atomic mass is 15.2. The fourth-order valence-electron chi connectivity index (χ4n) is 2.43. The molecule has 0 aromatic heterocycles. The SMILES string of the molecule is CCCCCC(CN)N(CC1CC1)C(C)C. The molecule has 1 aliphatic rings. The minimum Gasteiger partial charge on any atom is -0.329 e. The maximum atomic E-state index is 5.95. The van der Waals surface area contributed by atoms with E-state index < -0.39 is 0 Å². The number of nitrogens with zero attached hydrogens (tertiary/aromatic N) is 1. The van der Waals surface area contributed by atoms with Gasteiger partial charge in [-0.2, -0.15) is 0 Å². The van der Waals surface area contributed by atoms with E-state index in [4.69, 9.17) is 5.73 Å². The van der Waals surface area contributed by atoms with Crippen LogP contribution in [0.15, 0.2) is 0 Å². The second kappa shape index (κ2) is 7.29. The smallest absolute Gasteiger partial charge is 0.0221 e. The molecule has 1 fully saturated rings. The van der Waals surface area contributed by atoms with Crippen LogP contribution in [0.1, 0.15) is 59.3 Å². The Bertz CT molecular complexity index is 176. The summed E-state index contributed by atoms with van der Waals surface area (Å²) in [7, 11) is 0. The predicted molar refractivity (Wildman–Crippen MR) is 71.6 cm³/mol. The maximum Gasteiger partial charge on any atom is 0.0221 e. The number of rotatable bonds is 9. The normalized spacial score (nSPS) is 18.4. The third kappa shape index (κ3) is 4.84. The van der Waals surface area contributed by atoms with Crippen molar-refractivity contribution in [3.63, 3.8) is 0 Å². The molecule has 0 saturated heterocycles. The molecular formula is C14H30N2. The van der Waals surface area contributed by atoms with Crippen molar-refractivity contribution in [3.05, 3.63) is 0 Å². The summed E-state index contributed by atoms with van der Waals surface area (Å²) in [4.78, 5) is 2.65. The molecule has 0 bridgehead atoms. The van der Waals surface area contributed by atoms with Gasteiger partial charge in [0.25, 0.3) is 0 Å². The maximum absolute atomic E-state index is 5.95. The van der Waals surface area contributed by atoms with Crippen molar-refractivity contribution in [2.75, 3.05) is 13.1 Å². The minimum atomic E-state index is 0.618. The lowest BCUT2D eigenvalue weighted by Gasteiger charge is -2.34. The van der Waals surface area contributed by atoms with Crippen molar-refractivity contribution < 1.29 is 0 Å². The minimum absolute atomic E-state index is 0.618. The van der Waals surface area contributed by atoms with E-state index in [0.717, 1.165) is 12.5 Å². The standard InChI is InChI=1S/C14H30N2/c1-4-5-6-7-14(10-15)16(12(2)3)11-13-8-9-13/h12-14H,4-11,15H2,1-3H3. The van der Waals surface area contributed by atoms with Crippen LogP contribution in [-0.2, 0) is 0 Å². The quantitative estimate of drug-likeness (QED) is 0.612. The molecule has 0 radical (unpaired) electrons. The van der Waals surface area contributed by atoms with Crippen LogP contribution in [0.5, 0.6) is 0 Å². The van der Waals surface area contributed by atoms with E-state index in [1.54, 1.807) is 0 Å². The zero-order chi connectivity index (χ0) is 12.0. The summed E-state index contributed by atoms with van der Waals surface area (Å²) in [6, 6.07) is 1.27. The van der Waals surface area contributed by atoms with Gasteiger partial charge in [0.1, 0.15) is 0 Å². The summed E-state index contributed by atoms with van der Waals surface area (Å²) in [6.45, 7) is 9.00. The van der Waals surface area contributed by atoms with E-state index in [0.29, 0.717) is 12.1 Å². The van der Waals surface area contributed by atoms with Gasteiger partial charge in [0.05, 0.1) is 0 Å². The van der Waals surface area contributed by atoms with E-state index in [1.165, 1.54) is 45.1 Å². The summed E-state index contributed by atoms with van der Waals surface area (Å²) in [5.41, 5.74) is 5.95. The summed E-state index contributed by atoms with van der Waals surface area (Å²) in [5, 5.41) is 0. The molecule has 2 heteroatoms. The summed E-state index contributed by atoms with van der Waals surface area (Å²) >= 11 is 0. The average Bonchev–Trinajstić information content (AvgIpc) is 3.05. The van der Waals surface area contributed by atoms with Gasteiger partial charge in [-0.15, -0.1) is 0 Å². The van der Waals surface area contributed by atoms with Crippen LogP contribution in [0.3, 0.4) is 0 Å². The van der Waals surface area contributed by atoms with E-state index in [1.807, 2.05) is 0 Å². The van der Waals surface area contributed by atoms with Crippen molar-refractivity contribution in [1.29, 1.82) is 0 Å². The first kappa shape index (κ1) is 14.0. The lowest BCUT2D eigenvalue weighted by atomic mass is 10.0. The topological polar surface area (TPSA) is 29.3 Å². The van der Waals surface area contributed by atoms with Crippen LogP contribution < -0.4 is 5.73 Å². The monoisotopic (exact) mass is 226 g/mol. The molecule has 2 N–H and O–H groups in total. The molecule has 2 nitrogen and oxygen atoms in total. The molecule has 96 valence electrons. The second-order valence-corrected chi connectivity index (χ2v) is 5.62. The van der Waals surface area contributed by atoms with Crippen LogP contribution in [0.25, 0.3) is 0 Å². The number of hydrogen-bond acceptors (Lipinski definition) is 2. The molecule has 0 heterocycles. The van der Waals surface area contributed by atoms with Crippen LogP contribution in [0, 0.1) is 5.92 Å². The molecular weight excluding hydrogens is 196 g/mol. The largest absolute Gasteiger partial charge is 0.329 e. The first-order valence-corrected chi connectivity index (χ1v) is 7.14. The Kier molecular flexibility index (Phi) is 6.37. The highest BCUT2D eigenvalue weighted by Crippen LogP contribution is 2.31. The van der Waals surface area contributed by atoms with Gasteiger partial charge in [-0.3, -0.25) is 4.90 Å². The van der Waals surface area contributed by atoms with Crippen LogP contribution in [0.2, 0.25) is 0 Å². The molecule has 1 unspecified atom stereocenters. The molecule has 1 aliphatic carbocycles. The van der Waals surface area contributed by atoms with Crippen molar-refractivity contribution in [2.24, 2.45) is 11.7 Å². The number of unbranched alkanes of at least 4 members (excludes halogenated alkanes) is 2. The lowest BCUT2D eigenvalue weighted by molar-refractivity contribution is 0.140. The molecule has 1 saturated carbocycles. The van der Waals surface area contributed by atoms with Crippen LogP contribution in [0.4, 0.5) is 0 Å². The summed E-state index contributed by atoms with van der Waals surface area (Å²) in [5.74, 6) is 0.975. The van der Waals surface area contributed by atoms with Crippen molar-refractivity contribution in [1.82, 2.24) is 4.90 Å². The van der Waals surface area contributed by atoms with Gasteiger partial charge in [0.15, 0.2) is 0 Å². The predicted octanol–water partition coefficient (Wildman–Crippen LogP) is 3.01. The molecule has 0 spiro atoms. The summed E-state index contributed by atoms with van der Waals surface area (Å²) in [6.07, 6.45) is 8.17. The Balaban J connectivity index is 2.36. The Morgan fingerprint density at radius 1 is 1.25 bits per heavy atom. The van der Waals surface area contributed by atoms with Gasteiger partial charge in [0.2, 0.25) is 0 Å². The van der Waals surface area contributed by atoms with Gasteiger partial charge >= 0.3 is 0 Å². The zero-order valence-corrected chi connectivity index (χ0v) is 11.4. The Labute approximate surface area is 102 Å². The van der Waals surface area contributed by atoms with Gasteiger partial charge < -0.3 is 5.73 Å². The fraction of sp³-hybridized carbons (Fsp3) is 1.00. The van der Waals surface area contributed by atoms with Crippen LogP contribution in [-0.4, -0.2) is 30.1 Å². The lowest BCUT2D eigenvalue weighted by Crippen LogP contribution is -2.45. The highest BCUT2D eigenvalue weighted by molar-refractivity contribution is 4.83. The molecule has 0 aromatic rings.